The second kappa shape index (κ2) is 5.78. The van der Waals surface area contributed by atoms with Crippen molar-refractivity contribution in [3.63, 3.8) is 0 Å². The lowest BCUT2D eigenvalue weighted by molar-refractivity contribution is 0.454. The predicted octanol–water partition coefficient (Wildman–Crippen LogP) is 3.50. The molecule has 5 heteroatoms. The zero-order chi connectivity index (χ0) is 16.0. The molecule has 0 radical (unpaired) electrons. The Morgan fingerprint density at radius 2 is 2.09 bits per heavy atom. The molecule has 1 saturated heterocycles. The first kappa shape index (κ1) is 14.9. The second-order valence-corrected chi connectivity index (χ2v) is 8.15. The summed E-state index contributed by atoms with van der Waals surface area (Å²) in [6.45, 7) is 8.29. The molecule has 3 heterocycles. The van der Waals surface area contributed by atoms with Crippen molar-refractivity contribution in [2.24, 2.45) is 17.6 Å². The molecule has 1 atom stereocenters. The van der Waals surface area contributed by atoms with Crippen molar-refractivity contribution >= 4 is 27.4 Å². The van der Waals surface area contributed by atoms with Gasteiger partial charge in [-0.15, -0.1) is 11.3 Å². The third kappa shape index (κ3) is 2.61. The van der Waals surface area contributed by atoms with Crippen LogP contribution in [0.3, 0.4) is 0 Å². The molecule has 122 valence electrons. The number of thiophene rings is 1. The molecule has 1 aliphatic carbocycles. The van der Waals surface area contributed by atoms with Crippen LogP contribution in [-0.2, 0) is 12.8 Å². The summed E-state index contributed by atoms with van der Waals surface area (Å²) >= 11 is 1.87. The van der Waals surface area contributed by atoms with Crippen LogP contribution in [0.4, 0.5) is 5.82 Å². The molecule has 0 aromatic carbocycles. The molecule has 2 aliphatic rings. The smallest absolute Gasteiger partial charge is 0.141 e. The molecule has 0 amide bonds. The number of anilines is 1. The summed E-state index contributed by atoms with van der Waals surface area (Å²) in [7, 11) is 0. The molecule has 4 rings (SSSR count). The van der Waals surface area contributed by atoms with Crippen LogP contribution in [-0.4, -0.2) is 23.1 Å². The van der Waals surface area contributed by atoms with Crippen LogP contribution in [0.5, 0.6) is 0 Å². The summed E-state index contributed by atoms with van der Waals surface area (Å²) in [4.78, 5) is 14.4. The molecule has 2 aromatic heterocycles. The van der Waals surface area contributed by atoms with E-state index in [-0.39, 0.29) is 0 Å². The maximum Gasteiger partial charge on any atom is 0.141 e. The van der Waals surface area contributed by atoms with Gasteiger partial charge < -0.3 is 10.6 Å². The third-order valence-corrected chi connectivity index (χ3v) is 6.59. The minimum atomic E-state index is 0.458. The van der Waals surface area contributed by atoms with Gasteiger partial charge in [-0.3, -0.25) is 0 Å². The van der Waals surface area contributed by atoms with Crippen LogP contribution in [0, 0.1) is 11.8 Å². The number of hydrogen-bond donors (Lipinski definition) is 1. The quantitative estimate of drug-likeness (QED) is 0.916. The molecule has 2 N–H and O–H groups in total. The Hall–Kier alpha value is -1.62. The van der Waals surface area contributed by atoms with E-state index in [0.717, 1.165) is 43.4 Å². The highest BCUT2D eigenvalue weighted by Gasteiger charge is 2.27. The Bertz CT molecular complexity index is 743. The summed E-state index contributed by atoms with van der Waals surface area (Å²) in [5.41, 5.74) is 8.25. The van der Waals surface area contributed by atoms with Crippen molar-refractivity contribution in [3.05, 3.63) is 29.0 Å². The monoisotopic (exact) mass is 328 g/mol. The first-order valence-electron chi connectivity index (χ1n) is 8.58. The molecule has 0 saturated carbocycles. The van der Waals surface area contributed by atoms with Gasteiger partial charge in [-0.2, -0.15) is 0 Å². The third-order valence-electron chi connectivity index (χ3n) is 5.39. The predicted molar refractivity (Wildman–Crippen MR) is 96.9 cm³/mol. The molecule has 2 aromatic rings. The van der Waals surface area contributed by atoms with Crippen molar-refractivity contribution < 1.29 is 0 Å². The number of rotatable bonds is 2. The van der Waals surface area contributed by atoms with E-state index in [1.54, 1.807) is 6.33 Å². The van der Waals surface area contributed by atoms with Crippen molar-refractivity contribution in [1.82, 2.24) is 9.97 Å². The molecule has 1 aliphatic heterocycles. The SMILES string of the molecule is C=C(N)C1CCN(c2ncnc3sc4c(c23)CC(C)CC4)CC1. The van der Waals surface area contributed by atoms with Crippen molar-refractivity contribution in [2.75, 3.05) is 18.0 Å². The average molecular weight is 328 g/mol. The Labute approximate surface area is 141 Å². The summed E-state index contributed by atoms with van der Waals surface area (Å²) < 4.78 is 0. The van der Waals surface area contributed by atoms with Gasteiger partial charge in [0.2, 0.25) is 0 Å². The number of allylic oxidation sites excluding steroid dienone is 1. The van der Waals surface area contributed by atoms with E-state index in [4.69, 9.17) is 5.73 Å². The Morgan fingerprint density at radius 3 is 2.83 bits per heavy atom. The molecular weight excluding hydrogens is 304 g/mol. The van der Waals surface area contributed by atoms with Crippen molar-refractivity contribution in [1.29, 1.82) is 0 Å². The van der Waals surface area contributed by atoms with E-state index >= 15 is 0 Å². The largest absolute Gasteiger partial charge is 0.402 e. The van der Waals surface area contributed by atoms with Crippen LogP contribution >= 0.6 is 11.3 Å². The highest BCUT2D eigenvalue weighted by Crippen LogP contribution is 2.41. The number of hydrogen-bond acceptors (Lipinski definition) is 5. The average Bonchev–Trinajstić information content (AvgIpc) is 2.93. The molecule has 0 bridgehead atoms. The van der Waals surface area contributed by atoms with Gasteiger partial charge >= 0.3 is 0 Å². The fraction of sp³-hybridized carbons (Fsp3) is 0.556. The lowest BCUT2D eigenvalue weighted by Gasteiger charge is -2.33. The number of nitrogens with two attached hydrogens (primary N) is 1. The van der Waals surface area contributed by atoms with Gasteiger partial charge in [0.15, 0.2) is 0 Å². The molecule has 4 nitrogen and oxygen atoms in total. The maximum atomic E-state index is 5.89. The van der Waals surface area contributed by atoms with Gasteiger partial charge in [0, 0.05) is 29.6 Å². The second-order valence-electron chi connectivity index (χ2n) is 7.07. The van der Waals surface area contributed by atoms with Gasteiger partial charge in [0.1, 0.15) is 17.0 Å². The minimum absolute atomic E-state index is 0.458. The zero-order valence-corrected chi connectivity index (χ0v) is 14.5. The van der Waals surface area contributed by atoms with E-state index in [2.05, 4.69) is 28.4 Å². The van der Waals surface area contributed by atoms with E-state index in [0.29, 0.717) is 5.92 Å². The van der Waals surface area contributed by atoms with Crippen LogP contribution in [0.25, 0.3) is 10.2 Å². The van der Waals surface area contributed by atoms with Crippen LogP contribution in [0.2, 0.25) is 0 Å². The fourth-order valence-electron chi connectivity index (χ4n) is 3.97. The van der Waals surface area contributed by atoms with Gasteiger partial charge in [0.25, 0.3) is 0 Å². The van der Waals surface area contributed by atoms with Gasteiger partial charge in [0.05, 0.1) is 5.39 Å². The Morgan fingerprint density at radius 1 is 1.30 bits per heavy atom. The summed E-state index contributed by atoms with van der Waals surface area (Å²) in [5, 5.41) is 1.32. The molecular formula is C18H24N4S. The lowest BCUT2D eigenvalue weighted by atomic mass is 9.88. The van der Waals surface area contributed by atoms with Crippen molar-refractivity contribution in [3.8, 4) is 0 Å². The summed E-state index contributed by atoms with van der Waals surface area (Å²) in [6, 6.07) is 0. The number of aromatic nitrogens is 2. The van der Waals surface area contributed by atoms with Crippen LogP contribution < -0.4 is 10.6 Å². The van der Waals surface area contributed by atoms with E-state index in [1.807, 2.05) is 11.3 Å². The highest BCUT2D eigenvalue weighted by molar-refractivity contribution is 7.19. The summed E-state index contributed by atoms with van der Waals surface area (Å²) in [6.07, 6.45) is 7.55. The van der Waals surface area contributed by atoms with Crippen molar-refractivity contribution in [2.45, 2.75) is 39.0 Å². The van der Waals surface area contributed by atoms with E-state index < -0.39 is 0 Å². The number of nitrogens with zero attached hydrogens (tertiary/aromatic N) is 3. The van der Waals surface area contributed by atoms with Gasteiger partial charge in [-0.25, -0.2) is 9.97 Å². The number of piperidine rings is 1. The summed E-state index contributed by atoms with van der Waals surface area (Å²) in [5.74, 6) is 2.36. The maximum absolute atomic E-state index is 5.89. The standard InChI is InChI=1S/C18H24N4S/c1-11-3-4-15-14(9-11)16-17(20-10-21-18(16)23-15)22-7-5-13(6-8-22)12(2)19/h10-11,13H,2-9,19H2,1H3. The van der Waals surface area contributed by atoms with Crippen LogP contribution in [0.15, 0.2) is 18.6 Å². The first-order chi connectivity index (χ1) is 11.1. The fourth-order valence-corrected chi connectivity index (χ4v) is 5.15. The number of fused-ring (bicyclic) bond motifs is 3. The Balaban J connectivity index is 1.71. The minimum Gasteiger partial charge on any atom is -0.402 e. The molecule has 0 spiro atoms. The van der Waals surface area contributed by atoms with Crippen LogP contribution in [0.1, 0.15) is 36.6 Å². The van der Waals surface area contributed by atoms with E-state index in [1.165, 1.54) is 39.9 Å². The van der Waals surface area contributed by atoms with Gasteiger partial charge in [-0.05, 0) is 43.6 Å². The molecule has 1 unspecified atom stereocenters. The topological polar surface area (TPSA) is 55.0 Å². The van der Waals surface area contributed by atoms with E-state index in [9.17, 15) is 0 Å². The normalized spacial score (nSPS) is 22.3. The molecule has 23 heavy (non-hydrogen) atoms. The molecule has 1 fully saturated rings. The Kier molecular flexibility index (Phi) is 3.76. The van der Waals surface area contributed by atoms with Gasteiger partial charge in [-0.1, -0.05) is 13.5 Å². The zero-order valence-electron chi connectivity index (χ0n) is 13.7. The number of aryl methyl sites for hydroxylation is 1. The highest BCUT2D eigenvalue weighted by atomic mass is 32.1. The first-order valence-corrected chi connectivity index (χ1v) is 9.39. The lowest BCUT2D eigenvalue weighted by Crippen LogP contribution is -2.35.